The molecule has 0 amide bonds. The van der Waals surface area contributed by atoms with E-state index in [2.05, 4.69) is 9.71 Å². The molecule has 1 heterocycles. The van der Waals surface area contributed by atoms with Crippen molar-refractivity contribution in [2.24, 2.45) is 0 Å². The van der Waals surface area contributed by atoms with Gasteiger partial charge in [0.25, 0.3) is 0 Å². The number of nitrogens with one attached hydrogen (secondary N) is 1. The zero-order chi connectivity index (χ0) is 10.8. The third-order valence-electron chi connectivity index (χ3n) is 1.63. The summed E-state index contributed by atoms with van der Waals surface area (Å²) in [5.41, 5.74) is 1.95. The van der Waals surface area contributed by atoms with Gasteiger partial charge in [0, 0.05) is 5.69 Å². The van der Waals surface area contributed by atoms with E-state index in [4.69, 9.17) is 11.6 Å². The van der Waals surface area contributed by atoms with Gasteiger partial charge in [-0.1, -0.05) is 0 Å². The number of pyridine rings is 1. The maximum absolute atomic E-state index is 11.1. The second-order valence-corrected chi connectivity index (χ2v) is 5.22. The highest BCUT2D eigenvalue weighted by molar-refractivity contribution is 7.93. The van der Waals surface area contributed by atoms with Crippen LogP contribution in [0.4, 0.5) is 5.69 Å². The van der Waals surface area contributed by atoms with Gasteiger partial charge in [0.15, 0.2) is 0 Å². The van der Waals surface area contributed by atoms with Gasteiger partial charge in [0.2, 0.25) is 10.0 Å². The van der Waals surface area contributed by atoms with Crippen molar-refractivity contribution in [1.82, 2.24) is 4.98 Å². The van der Waals surface area contributed by atoms with Crippen molar-refractivity contribution in [3.05, 3.63) is 23.5 Å². The first-order valence-corrected chi connectivity index (χ1v) is 6.14. The molecule has 0 aliphatic rings. The van der Waals surface area contributed by atoms with Gasteiger partial charge >= 0.3 is 0 Å². The fourth-order valence-corrected chi connectivity index (χ4v) is 1.76. The Morgan fingerprint density at radius 2 is 2.07 bits per heavy atom. The van der Waals surface area contributed by atoms with Crippen molar-refractivity contribution in [3.63, 3.8) is 0 Å². The number of aromatic nitrogens is 1. The standard InChI is InChI=1S/C8H11ClN2O2S/c1-6-3-4-8(7(2)10-6)11-14(12,13)5-9/h3-4,11H,5H2,1-2H3. The lowest BCUT2D eigenvalue weighted by molar-refractivity contribution is 0.605. The van der Waals surface area contributed by atoms with Crippen molar-refractivity contribution in [2.45, 2.75) is 13.8 Å². The number of anilines is 1. The van der Waals surface area contributed by atoms with Gasteiger partial charge < -0.3 is 0 Å². The Hall–Kier alpha value is -0.810. The van der Waals surface area contributed by atoms with E-state index < -0.39 is 15.2 Å². The van der Waals surface area contributed by atoms with Crippen LogP contribution in [-0.4, -0.2) is 18.6 Å². The summed E-state index contributed by atoms with van der Waals surface area (Å²) in [7, 11) is -3.43. The summed E-state index contributed by atoms with van der Waals surface area (Å²) in [5, 5.41) is -0.458. The molecule has 0 fully saturated rings. The predicted octanol–water partition coefficient (Wildman–Crippen LogP) is 1.64. The van der Waals surface area contributed by atoms with E-state index >= 15 is 0 Å². The van der Waals surface area contributed by atoms with E-state index in [0.717, 1.165) is 5.69 Å². The number of alkyl halides is 1. The molecule has 0 aliphatic heterocycles. The molecule has 4 nitrogen and oxygen atoms in total. The molecule has 0 saturated heterocycles. The number of nitrogens with zero attached hydrogens (tertiary/aromatic N) is 1. The third kappa shape index (κ3) is 2.85. The van der Waals surface area contributed by atoms with E-state index in [1.807, 2.05) is 6.92 Å². The molecule has 6 heteroatoms. The number of halogens is 1. The van der Waals surface area contributed by atoms with Crippen LogP contribution in [0.5, 0.6) is 0 Å². The molecule has 1 N–H and O–H groups in total. The fraction of sp³-hybridized carbons (Fsp3) is 0.375. The Morgan fingerprint density at radius 1 is 1.43 bits per heavy atom. The summed E-state index contributed by atoms with van der Waals surface area (Å²) in [6, 6.07) is 3.40. The molecule has 0 radical (unpaired) electrons. The summed E-state index contributed by atoms with van der Waals surface area (Å²) in [4.78, 5) is 4.12. The minimum atomic E-state index is -3.43. The summed E-state index contributed by atoms with van der Waals surface area (Å²) < 4.78 is 24.6. The van der Waals surface area contributed by atoms with Crippen LogP contribution in [-0.2, 0) is 10.0 Å². The molecule has 1 aromatic heterocycles. The third-order valence-corrected chi connectivity index (χ3v) is 3.31. The average molecular weight is 235 g/mol. The molecule has 0 bridgehead atoms. The molecule has 0 spiro atoms. The number of rotatable bonds is 3. The summed E-state index contributed by atoms with van der Waals surface area (Å²) in [5.74, 6) is 0. The van der Waals surface area contributed by atoms with Gasteiger partial charge in [-0.05, 0) is 26.0 Å². The number of sulfonamides is 1. The van der Waals surface area contributed by atoms with Crippen molar-refractivity contribution in [2.75, 3.05) is 9.93 Å². The van der Waals surface area contributed by atoms with E-state index in [1.54, 1.807) is 19.1 Å². The molecule has 0 unspecified atom stereocenters. The highest BCUT2D eigenvalue weighted by Gasteiger charge is 2.09. The van der Waals surface area contributed by atoms with Crippen LogP contribution in [0.25, 0.3) is 0 Å². The first-order chi connectivity index (χ1) is 6.44. The Balaban J connectivity index is 2.99. The van der Waals surface area contributed by atoms with Crippen LogP contribution in [0.3, 0.4) is 0 Å². The smallest absolute Gasteiger partial charge is 0.246 e. The van der Waals surface area contributed by atoms with Crippen LogP contribution in [0.2, 0.25) is 0 Å². The van der Waals surface area contributed by atoms with Crippen LogP contribution in [0, 0.1) is 13.8 Å². The highest BCUT2D eigenvalue weighted by atomic mass is 35.5. The molecule has 0 atom stereocenters. The lowest BCUT2D eigenvalue weighted by atomic mass is 10.3. The van der Waals surface area contributed by atoms with E-state index in [0.29, 0.717) is 11.4 Å². The first kappa shape index (κ1) is 11.3. The molecular formula is C8H11ClN2O2S. The molecule has 0 saturated carbocycles. The van der Waals surface area contributed by atoms with Gasteiger partial charge in [0.1, 0.15) is 5.21 Å². The van der Waals surface area contributed by atoms with Gasteiger partial charge in [-0.2, -0.15) is 0 Å². The molecule has 78 valence electrons. The predicted molar refractivity (Wildman–Crippen MR) is 57.0 cm³/mol. The lowest BCUT2D eigenvalue weighted by Crippen LogP contribution is -2.14. The number of hydrogen-bond acceptors (Lipinski definition) is 3. The molecule has 1 aromatic rings. The normalized spacial score (nSPS) is 11.4. The van der Waals surface area contributed by atoms with Crippen molar-refractivity contribution < 1.29 is 8.42 Å². The average Bonchev–Trinajstić information content (AvgIpc) is 2.10. The van der Waals surface area contributed by atoms with Crippen molar-refractivity contribution in [1.29, 1.82) is 0 Å². The molecular weight excluding hydrogens is 224 g/mol. The van der Waals surface area contributed by atoms with E-state index in [9.17, 15) is 8.42 Å². The maximum atomic E-state index is 11.1. The van der Waals surface area contributed by atoms with Gasteiger partial charge in [-0.15, -0.1) is 11.6 Å². The van der Waals surface area contributed by atoms with Crippen LogP contribution in [0.1, 0.15) is 11.4 Å². The number of hydrogen-bond donors (Lipinski definition) is 1. The molecule has 14 heavy (non-hydrogen) atoms. The topological polar surface area (TPSA) is 59.1 Å². The van der Waals surface area contributed by atoms with E-state index in [1.165, 1.54) is 0 Å². The van der Waals surface area contributed by atoms with Crippen molar-refractivity contribution in [3.8, 4) is 0 Å². The van der Waals surface area contributed by atoms with Gasteiger partial charge in [0.05, 0.1) is 11.4 Å². The minimum Gasteiger partial charge on any atom is -0.281 e. The van der Waals surface area contributed by atoms with Crippen LogP contribution in [0.15, 0.2) is 12.1 Å². The Morgan fingerprint density at radius 3 is 2.57 bits per heavy atom. The minimum absolute atomic E-state index is 0.458. The largest absolute Gasteiger partial charge is 0.281 e. The monoisotopic (exact) mass is 234 g/mol. The summed E-state index contributed by atoms with van der Waals surface area (Å²) in [6.07, 6.45) is 0. The lowest BCUT2D eigenvalue weighted by Gasteiger charge is -2.07. The van der Waals surface area contributed by atoms with Crippen molar-refractivity contribution >= 4 is 27.3 Å². The molecule has 1 rings (SSSR count). The second kappa shape index (κ2) is 4.14. The second-order valence-electron chi connectivity index (χ2n) is 2.91. The first-order valence-electron chi connectivity index (χ1n) is 3.95. The highest BCUT2D eigenvalue weighted by Crippen LogP contribution is 2.14. The van der Waals surface area contributed by atoms with E-state index in [-0.39, 0.29) is 0 Å². The quantitative estimate of drug-likeness (QED) is 0.809. The fourth-order valence-electron chi connectivity index (χ4n) is 0.989. The van der Waals surface area contributed by atoms with Crippen LogP contribution >= 0.6 is 11.6 Å². The summed E-state index contributed by atoms with van der Waals surface area (Å²) in [6.45, 7) is 3.58. The SMILES string of the molecule is Cc1ccc(NS(=O)(=O)CCl)c(C)n1. The maximum Gasteiger partial charge on any atom is 0.246 e. The van der Waals surface area contributed by atoms with Gasteiger partial charge in [-0.25, -0.2) is 8.42 Å². The Kier molecular flexibility index (Phi) is 3.34. The zero-order valence-electron chi connectivity index (χ0n) is 7.91. The van der Waals surface area contributed by atoms with Crippen LogP contribution < -0.4 is 4.72 Å². The Bertz CT molecular complexity index is 431. The zero-order valence-corrected chi connectivity index (χ0v) is 9.48. The summed E-state index contributed by atoms with van der Waals surface area (Å²) >= 11 is 5.26. The number of aryl methyl sites for hydroxylation is 2. The van der Waals surface area contributed by atoms with Gasteiger partial charge in [-0.3, -0.25) is 9.71 Å². The Labute approximate surface area is 88.4 Å². The molecule has 0 aliphatic carbocycles. The molecule has 0 aromatic carbocycles.